The molecule has 0 bridgehead atoms. The van der Waals surface area contributed by atoms with Crippen molar-refractivity contribution in [3.8, 4) is 17.3 Å². The molecule has 1 unspecified atom stereocenters. The van der Waals surface area contributed by atoms with Gasteiger partial charge in [0, 0.05) is 55.0 Å². The fourth-order valence-corrected chi connectivity index (χ4v) is 9.63. The maximum absolute atomic E-state index is 15.4. The molecule has 5 aromatic rings. The molecule has 3 aliphatic rings. The molecule has 9 nitrogen and oxygen atoms in total. The minimum atomic E-state index is -1.11. The molecule has 0 radical (unpaired) electrons. The Morgan fingerprint density at radius 2 is 2.08 bits per heavy atom. The Balaban J connectivity index is 1.37. The van der Waals surface area contributed by atoms with E-state index in [1.807, 2.05) is 26.1 Å². The summed E-state index contributed by atoms with van der Waals surface area (Å²) in [5, 5.41) is 18.1. The van der Waals surface area contributed by atoms with Crippen LogP contribution in [0, 0.1) is 12.7 Å². The van der Waals surface area contributed by atoms with Gasteiger partial charge >= 0.3 is 6.01 Å². The lowest BCUT2D eigenvalue weighted by molar-refractivity contribution is -0.0123. The zero-order chi connectivity index (χ0) is 36.4. The van der Waals surface area contributed by atoms with Gasteiger partial charge in [0.25, 0.3) is 0 Å². The number of thiophene rings is 1. The van der Waals surface area contributed by atoms with Crippen LogP contribution in [0.3, 0.4) is 0 Å². The molecule has 2 N–H and O–H groups in total. The zero-order valence-electron chi connectivity index (χ0n) is 30.5. The largest absolute Gasteiger partial charge is 0.461 e. The van der Waals surface area contributed by atoms with E-state index in [1.54, 1.807) is 13.1 Å². The lowest BCUT2D eigenvalue weighted by atomic mass is 9.90. The van der Waals surface area contributed by atoms with E-state index in [-0.39, 0.29) is 24.0 Å². The Hall–Kier alpha value is -3.97. The minimum Gasteiger partial charge on any atom is -0.461 e. The van der Waals surface area contributed by atoms with Crippen molar-refractivity contribution in [1.29, 1.82) is 0 Å². The number of β-amino-alcohol motifs (C(OH)–C–C–N with tert-alkyl or cyclic N) is 1. The first-order chi connectivity index (χ1) is 25.0. The third kappa shape index (κ3) is 6.07. The van der Waals surface area contributed by atoms with E-state index in [0.29, 0.717) is 55.5 Å². The van der Waals surface area contributed by atoms with E-state index in [1.165, 1.54) is 23.0 Å². The van der Waals surface area contributed by atoms with Gasteiger partial charge in [-0.25, -0.2) is 8.78 Å². The first-order valence-electron chi connectivity index (χ1n) is 18.3. The van der Waals surface area contributed by atoms with Crippen LogP contribution in [0.2, 0.25) is 0 Å². The number of aliphatic hydroxyl groups is 1. The van der Waals surface area contributed by atoms with Crippen LogP contribution in [0.15, 0.2) is 36.0 Å². The van der Waals surface area contributed by atoms with Crippen LogP contribution in [-0.2, 0) is 4.74 Å². The van der Waals surface area contributed by atoms with Gasteiger partial charge in [0.2, 0.25) is 0 Å². The average molecular weight is 729 g/mol. The number of nitrogens with one attached hydrogen (secondary N) is 1. The van der Waals surface area contributed by atoms with Crippen LogP contribution in [0.5, 0.6) is 6.01 Å². The Bertz CT molecular complexity index is 2220. The molecule has 3 atom stereocenters. The molecule has 3 fully saturated rings. The number of hydrogen-bond donors (Lipinski definition) is 2. The molecule has 274 valence electrons. The maximum Gasteiger partial charge on any atom is 0.319 e. The molecule has 12 heteroatoms. The molecule has 8 rings (SSSR count). The zero-order valence-corrected chi connectivity index (χ0v) is 31.3. The van der Waals surface area contributed by atoms with Gasteiger partial charge in [-0.1, -0.05) is 24.6 Å². The number of nitrogens with zero attached hydrogens (tertiary/aromatic N) is 5. The van der Waals surface area contributed by atoms with Gasteiger partial charge in [0.15, 0.2) is 0 Å². The highest BCUT2D eigenvalue weighted by molar-refractivity contribution is 7.26. The first kappa shape index (κ1) is 35.1. The summed E-state index contributed by atoms with van der Waals surface area (Å²) in [4.78, 5) is 20.1. The number of rotatable bonds is 8. The summed E-state index contributed by atoms with van der Waals surface area (Å²) >= 11 is 1.50. The predicted molar refractivity (Wildman–Crippen MR) is 206 cm³/mol. The third-order valence-corrected chi connectivity index (χ3v) is 12.3. The molecule has 0 aliphatic carbocycles. The number of fused-ring (bicyclic) bond motifs is 5. The summed E-state index contributed by atoms with van der Waals surface area (Å²) in [6.45, 7) is 10.9. The predicted octanol–water partition coefficient (Wildman–Crippen LogP) is 7.91. The number of benzene rings is 2. The Morgan fingerprint density at radius 3 is 2.88 bits per heavy atom. The van der Waals surface area contributed by atoms with Gasteiger partial charge in [0.05, 0.1) is 41.1 Å². The first-order valence-corrected chi connectivity index (χ1v) is 19.1. The fraction of sp³-hybridized carbons (Fsp3) is 0.475. The van der Waals surface area contributed by atoms with E-state index in [0.717, 1.165) is 74.6 Å². The van der Waals surface area contributed by atoms with Crippen LogP contribution >= 0.6 is 11.3 Å². The van der Waals surface area contributed by atoms with Crippen LogP contribution in [0.1, 0.15) is 57.6 Å². The number of allylic oxidation sites excluding steroid dienone is 1. The van der Waals surface area contributed by atoms with Crippen molar-refractivity contribution < 1.29 is 23.4 Å². The normalized spacial score (nSPS) is 24.3. The number of aromatic nitrogens is 3. The number of ether oxygens (including phenoxy) is 2. The summed E-state index contributed by atoms with van der Waals surface area (Å²) in [5.41, 5.74) is 3.72. The summed E-state index contributed by atoms with van der Waals surface area (Å²) in [6.07, 6.45) is 6.30. The van der Waals surface area contributed by atoms with Crippen LogP contribution in [0.25, 0.3) is 48.4 Å². The molecule has 3 saturated heterocycles. The summed E-state index contributed by atoms with van der Waals surface area (Å²) < 4.78 is 43.2. The van der Waals surface area contributed by atoms with Crippen molar-refractivity contribution in [3.63, 3.8) is 0 Å². The van der Waals surface area contributed by atoms with Gasteiger partial charge in [-0.2, -0.15) is 9.97 Å². The fourth-order valence-electron chi connectivity index (χ4n) is 8.48. The highest BCUT2D eigenvalue weighted by atomic mass is 32.1. The summed E-state index contributed by atoms with van der Waals surface area (Å²) in [7, 11) is 1.90. The van der Waals surface area contributed by atoms with Crippen LogP contribution in [0.4, 0.5) is 20.3 Å². The maximum atomic E-state index is 15.4. The summed E-state index contributed by atoms with van der Waals surface area (Å²) in [6, 6.07) is 7.63. The molecule has 0 spiro atoms. The second kappa shape index (κ2) is 13.5. The highest BCUT2D eigenvalue weighted by Crippen LogP contribution is 2.47. The second-order valence-electron chi connectivity index (χ2n) is 15.1. The van der Waals surface area contributed by atoms with Crippen molar-refractivity contribution in [2.45, 2.75) is 70.7 Å². The third-order valence-electron chi connectivity index (χ3n) is 11.2. The number of halogens is 2. The van der Waals surface area contributed by atoms with Crippen LogP contribution in [-0.4, -0.2) is 95.3 Å². The lowest BCUT2D eigenvalue weighted by Crippen LogP contribution is -2.43. The van der Waals surface area contributed by atoms with E-state index in [9.17, 15) is 9.50 Å². The number of anilines is 2. The average Bonchev–Trinajstić information content (AvgIpc) is 3.74. The molecular weight excluding hydrogens is 683 g/mol. The monoisotopic (exact) mass is 728 g/mol. The molecule has 2 aromatic carbocycles. The number of hydrogen-bond acceptors (Lipinski definition) is 10. The minimum absolute atomic E-state index is 0.209. The number of aryl methyl sites for hydroxylation is 1. The van der Waals surface area contributed by atoms with Gasteiger partial charge in [-0.15, -0.1) is 11.3 Å². The smallest absolute Gasteiger partial charge is 0.319 e. The van der Waals surface area contributed by atoms with Gasteiger partial charge in [0.1, 0.15) is 34.8 Å². The van der Waals surface area contributed by atoms with Crippen molar-refractivity contribution in [2.75, 3.05) is 63.3 Å². The molecule has 6 heterocycles. The van der Waals surface area contributed by atoms with Crippen molar-refractivity contribution in [2.24, 2.45) is 0 Å². The SMILES string of the molecule is CC/C(C)=C/c1c(NC)cc2ccc(F)c(C)c2c1-c1nccc2c1sc1nc(OC[C@@]34CCCN3CC(F)C4)nc(N3CCOC[C@@](C)(O)C3)c12. The summed E-state index contributed by atoms with van der Waals surface area (Å²) in [5.74, 6) is 0.367. The molecule has 0 saturated carbocycles. The Kier molecular flexibility index (Phi) is 9.08. The quantitative estimate of drug-likeness (QED) is 0.165. The van der Waals surface area contributed by atoms with Gasteiger partial charge in [-0.05, 0) is 81.1 Å². The van der Waals surface area contributed by atoms with Crippen molar-refractivity contribution in [3.05, 3.63) is 53.0 Å². The molecule has 3 aromatic heterocycles. The lowest BCUT2D eigenvalue weighted by Gasteiger charge is -2.31. The van der Waals surface area contributed by atoms with E-state index < -0.39 is 11.8 Å². The van der Waals surface area contributed by atoms with E-state index in [4.69, 9.17) is 24.4 Å². The van der Waals surface area contributed by atoms with E-state index >= 15 is 4.39 Å². The number of alkyl halides is 1. The van der Waals surface area contributed by atoms with E-state index in [2.05, 4.69) is 41.1 Å². The Morgan fingerprint density at radius 1 is 1.23 bits per heavy atom. The topological polar surface area (TPSA) is 95.9 Å². The molecule has 0 amide bonds. The molecule has 3 aliphatic heterocycles. The molecule has 52 heavy (non-hydrogen) atoms. The standard InChI is InChI=1S/C40H46F2N6O3S/c1-6-23(2)16-28-30(43-5)17-25-8-9-29(42)24(3)31(25)32(28)34-35-27(10-12-44-34)33-36(47-14-15-50-21-39(4,49)20-47)45-38(46-37(33)52-35)51-22-40-11-7-13-48(40)19-26(41)18-40/h8-10,12,16-17,26,43,49H,6-7,11,13-15,18-22H2,1-5H3/b23-16+/t26?,39-,40-/m0/s1. The van der Waals surface area contributed by atoms with Crippen molar-refractivity contribution >= 4 is 60.0 Å². The van der Waals surface area contributed by atoms with Crippen LogP contribution < -0.4 is 15.0 Å². The highest BCUT2D eigenvalue weighted by Gasteiger charge is 2.49. The number of pyridine rings is 1. The second-order valence-corrected chi connectivity index (χ2v) is 16.1. The Labute approximate surface area is 306 Å². The van der Waals surface area contributed by atoms with Gasteiger partial charge < -0.3 is 24.8 Å². The molecular formula is C40H46F2N6O3S. The van der Waals surface area contributed by atoms with Gasteiger partial charge in [-0.3, -0.25) is 9.88 Å². The van der Waals surface area contributed by atoms with Crippen molar-refractivity contribution in [1.82, 2.24) is 19.9 Å².